The van der Waals surface area contributed by atoms with Gasteiger partial charge in [-0.25, -0.2) is 4.98 Å². The number of carbonyl (C=O) groups excluding carboxylic acids is 1. The van der Waals surface area contributed by atoms with E-state index in [2.05, 4.69) is 10.3 Å². The number of benzene rings is 1. The summed E-state index contributed by atoms with van der Waals surface area (Å²) < 4.78 is 1.95. The fourth-order valence-corrected chi connectivity index (χ4v) is 4.16. The highest BCUT2D eigenvalue weighted by Crippen LogP contribution is 2.22. The number of nitrogens with zero attached hydrogens (tertiary/aromatic N) is 2. The Morgan fingerprint density at radius 2 is 2.00 bits per heavy atom. The van der Waals surface area contributed by atoms with Gasteiger partial charge in [0.05, 0.1) is 24.3 Å². The van der Waals surface area contributed by atoms with Crippen molar-refractivity contribution >= 4 is 29.3 Å². The van der Waals surface area contributed by atoms with E-state index in [1.165, 1.54) is 31.0 Å². The van der Waals surface area contributed by atoms with Gasteiger partial charge in [-0.15, -0.1) is 0 Å². The molecule has 0 saturated heterocycles. The summed E-state index contributed by atoms with van der Waals surface area (Å²) in [6.07, 6.45) is 7.49. The van der Waals surface area contributed by atoms with Gasteiger partial charge in [-0.05, 0) is 30.5 Å². The molecular weight excluding hydrogens is 370 g/mol. The van der Waals surface area contributed by atoms with E-state index in [9.17, 15) is 9.90 Å². The molecule has 1 heterocycles. The Bertz CT molecular complexity index is 727. The maximum Gasteiger partial charge on any atom is 0.230 e. The number of thioether (sulfide) groups is 1. The molecular formula is C19H24ClN3O2S. The molecule has 2 N–H and O–H groups in total. The second-order valence-electron chi connectivity index (χ2n) is 6.59. The molecule has 140 valence electrons. The Morgan fingerprint density at radius 1 is 1.27 bits per heavy atom. The fraction of sp³-hybridized carbons (Fsp3) is 0.474. The number of amides is 1. The Labute approximate surface area is 163 Å². The zero-order valence-electron chi connectivity index (χ0n) is 14.7. The number of imidazole rings is 1. The van der Waals surface area contributed by atoms with Crippen LogP contribution in [0.15, 0.2) is 35.6 Å². The molecule has 1 aliphatic carbocycles. The van der Waals surface area contributed by atoms with Crippen LogP contribution in [-0.4, -0.2) is 32.4 Å². The van der Waals surface area contributed by atoms with Crippen LogP contribution in [-0.2, 0) is 17.9 Å². The molecule has 1 aliphatic rings. The van der Waals surface area contributed by atoms with Gasteiger partial charge in [0.2, 0.25) is 5.91 Å². The number of aromatic nitrogens is 2. The zero-order chi connectivity index (χ0) is 18.4. The summed E-state index contributed by atoms with van der Waals surface area (Å²) in [6, 6.07) is 7.91. The molecule has 26 heavy (non-hydrogen) atoms. The molecule has 1 amide bonds. The summed E-state index contributed by atoms with van der Waals surface area (Å²) in [4.78, 5) is 16.6. The van der Waals surface area contributed by atoms with E-state index in [4.69, 9.17) is 11.6 Å². The second-order valence-corrected chi connectivity index (χ2v) is 7.97. The zero-order valence-corrected chi connectivity index (χ0v) is 16.2. The smallest absolute Gasteiger partial charge is 0.230 e. The number of aliphatic hydroxyl groups excluding tert-OH is 1. The molecule has 0 spiro atoms. The molecule has 2 aromatic rings. The minimum Gasteiger partial charge on any atom is -0.390 e. The third-order valence-electron chi connectivity index (χ3n) is 4.62. The molecule has 0 unspecified atom stereocenters. The molecule has 0 bridgehead atoms. The summed E-state index contributed by atoms with van der Waals surface area (Å²) in [5.74, 6) is 0.382. The lowest BCUT2D eigenvalue weighted by molar-refractivity contribution is -0.119. The average Bonchev–Trinajstić information content (AvgIpc) is 3.04. The third kappa shape index (κ3) is 5.25. The largest absolute Gasteiger partial charge is 0.390 e. The first-order chi connectivity index (χ1) is 12.7. The number of hydrogen-bond donors (Lipinski definition) is 2. The van der Waals surface area contributed by atoms with Crippen LogP contribution in [0.25, 0.3) is 0 Å². The quantitative estimate of drug-likeness (QED) is 0.705. The SMILES string of the molecule is O=C(CSc1ncc(CO)n1Cc1ccc(Cl)cc1)NC1CCCCC1. The Kier molecular flexibility index (Phi) is 7.00. The van der Waals surface area contributed by atoms with Crippen molar-refractivity contribution in [2.45, 2.75) is 56.5 Å². The third-order valence-corrected chi connectivity index (χ3v) is 5.86. The van der Waals surface area contributed by atoms with Gasteiger partial charge in [-0.3, -0.25) is 4.79 Å². The van der Waals surface area contributed by atoms with Gasteiger partial charge < -0.3 is 15.0 Å². The topological polar surface area (TPSA) is 67.1 Å². The highest BCUT2D eigenvalue weighted by Gasteiger charge is 2.17. The number of nitrogens with one attached hydrogen (secondary N) is 1. The van der Waals surface area contributed by atoms with E-state index in [1.54, 1.807) is 6.20 Å². The summed E-state index contributed by atoms with van der Waals surface area (Å²) in [5.41, 5.74) is 1.80. The fourth-order valence-electron chi connectivity index (χ4n) is 3.22. The Hall–Kier alpha value is -1.50. The van der Waals surface area contributed by atoms with Crippen molar-refractivity contribution in [3.8, 4) is 0 Å². The van der Waals surface area contributed by atoms with Crippen molar-refractivity contribution in [3.63, 3.8) is 0 Å². The van der Waals surface area contributed by atoms with Crippen LogP contribution in [0.1, 0.15) is 43.4 Å². The van der Waals surface area contributed by atoms with Crippen LogP contribution in [0.3, 0.4) is 0 Å². The van der Waals surface area contributed by atoms with Crippen molar-refractivity contribution in [1.29, 1.82) is 0 Å². The first kappa shape index (κ1) is 19.3. The van der Waals surface area contributed by atoms with Crippen LogP contribution < -0.4 is 5.32 Å². The minimum atomic E-state index is -0.0879. The molecule has 0 aliphatic heterocycles. The number of halogens is 1. The number of rotatable bonds is 7. The molecule has 0 atom stereocenters. The predicted octanol–water partition coefficient (Wildman–Crippen LogP) is 3.62. The first-order valence-electron chi connectivity index (χ1n) is 8.97. The van der Waals surface area contributed by atoms with Gasteiger partial charge in [0.15, 0.2) is 5.16 Å². The Morgan fingerprint density at radius 3 is 2.69 bits per heavy atom. The van der Waals surface area contributed by atoms with Crippen LogP contribution in [0, 0.1) is 0 Å². The highest BCUT2D eigenvalue weighted by molar-refractivity contribution is 7.99. The van der Waals surface area contributed by atoms with Crippen molar-refractivity contribution in [3.05, 3.63) is 46.7 Å². The molecule has 5 nitrogen and oxygen atoms in total. The van der Waals surface area contributed by atoms with E-state index in [1.807, 2.05) is 28.8 Å². The van der Waals surface area contributed by atoms with E-state index in [0.29, 0.717) is 23.4 Å². The maximum absolute atomic E-state index is 12.2. The van der Waals surface area contributed by atoms with Gasteiger partial charge in [-0.2, -0.15) is 0 Å². The molecule has 0 radical (unpaired) electrons. The van der Waals surface area contributed by atoms with Gasteiger partial charge in [-0.1, -0.05) is 54.8 Å². The monoisotopic (exact) mass is 393 g/mol. The van der Waals surface area contributed by atoms with E-state index < -0.39 is 0 Å². The lowest BCUT2D eigenvalue weighted by atomic mass is 9.95. The van der Waals surface area contributed by atoms with E-state index in [-0.39, 0.29) is 12.5 Å². The van der Waals surface area contributed by atoms with Crippen molar-refractivity contribution < 1.29 is 9.90 Å². The summed E-state index contributed by atoms with van der Waals surface area (Å²) in [7, 11) is 0. The standard InChI is InChI=1S/C19H24ClN3O2S/c20-15-8-6-14(7-9-15)11-23-17(12-24)10-21-19(23)26-13-18(25)22-16-4-2-1-3-5-16/h6-10,16,24H,1-5,11-13H2,(H,22,25). The summed E-state index contributed by atoms with van der Waals surface area (Å²) in [5, 5.41) is 14.1. The Balaban J connectivity index is 1.61. The number of carbonyl (C=O) groups is 1. The summed E-state index contributed by atoms with van der Waals surface area (Å²) >= 11 is 7.35. The van der Waals surface area contributed by atoms with Crippen LogP contribution in [0.4, 0.5) is 0 Å². The van der Waals surface area contributed by atoms with Gasteiger partial charge >= 0.3 is 0 Å². The van der Waals surface area contributed by atoms with Gasteiger partial charge in [0.25, 0.3) is 0 Å². The maximum atomic E-state index is 12.2. The molecule has 1 fully saturated rings. The second kappa shape index (κ2) is 9.44. The lowest BCUT2D eigenvalue weighted by Gasteiger charge is -2.22. The molecule has 3 rings (SSSR count). The normalized spacial score (nSPS) is 15.2. The number of hydrogen-bond acceptors (Lipinski definition) is 4. The minimum absolute atomic E-state index is 0.0495. The highest BCUT2D eigenvalue weighted by atomic mass is 35.5. The van der Waals surface area contributed by atoms with E-state index >= 15 is 0 Å². The molecule has 1 aromatic carbocycles. The van der Waals surface area contributed by atoms with Crippen LogP contribution in [0.5, 0.6) is 0 Å². The molecule has 7 heteroatoms. The van der Waals surface area contributed by atoms with Crippen molar-refractivity contribution in [2.75, 3.05) is 5.75 Å². The van der Waals surface area contributed by atoms with Gasteiger partial charge in [0.1, 0.15) is 0 Å². The first-order valence-corrected chi connectivity index (χ1v) is 10.3. The molecule has 1 aromatic heterocycles. The lowest BCUT2D eigenvalue weighted by Crippen LogP contribution is -2.37. The van der Waals surface area contributed by atoms with E-state index in [0.717, 1.165) is 29.3 Å². The van der Waals surface area contributed by atoms with Crippen molar-refractivity contribution in [1.82, 2.24) is 14.9 Å². The van der Waals surface area contributed by atoms with Crippen LogP contribution in [0.2, 0.25) is 5.02 Å². The molecule has 1 saturated carbocycles. The predicted molar refractivity (Wildman–Crippen MR) is 104 cm³/mol. The van der Waals surface area contributed by atoms with Crippen LogP contribution >= 0.6 is 23.4 Å². The average molecular weight is 394 g/mol. The summed E-state index contributed by atoms with van der Waals surface area (Å²) in [6.45, 7) is 0.495. The van der Waals surface area contributed by atoms with Gasteiger partial charge in [0, 0.05) is 17.6 Å². The number of aliphatic hydroxyl groups is 1. The van der Waals surface area contributed by atoms with Crippen molar-refractivity contribution in [2.24, 2.45) is 0 Å².